The molecule has 0 spiro atoms. The highest BCUT2D eigenvalue weighted by Gasteiger charge is 2.42. The van der Waals surface area contributed by atoms with E-state index in [1.54, 1.807) is 6.20 Å². The summed E-state index contributed by atoms with van der Waals surface area (Å²) in [6.07, 6.45) is 4.61. The maximum absolute atomic E-state index is 6.10. The fraction of sp³-hybridized carbons (Fsp3) is 0.312. The Morgan fingerprint density at radius 3 is 2.68 bits per heavy atom. The lowest BCUT2D eigenvalue weighted by molar-refractivity contribution is -0.188. The van der Waals surface area contributed by atoms with Crippen LogP contribution in [0.1, 0.15) is 30.5 Å². The summed E-state index contributed by atoms with van der Waals surface area (Å²) < 4.78 is 0. The summed E-state index contributed by atoms with van der Waals surface area (Å²) in [4.78, 5) is 10.3. The van der Waals surface area contributed by atoms with Crippen LogP contribution in [0.3, 0.4) is 0 Å². The molecule has 0 N–H and O–H groups in total. The second-order valence-electron chi connectivity index (χ2n) is 5.24. The van der Waals surface area contributed by atoms with Gasteiger partial charge in [-0.15, -0.1) is 0 Å². The molecule has 1 aliphatic rings. The Hall–Kier alpha value is -1.71. The quantitative estimate of drug-likeness (QED) is 0.822. The van der Waals surface area contributed by atoms with Gasteiger partial charge in [-0.1, -0.05) is 36.4 Å². The Balaban J connectivity index is 1.90. The van der Waals surface area contributed by atoms with Crippen LogP contribution in [0.2, 0.25) is 0 Å². The first kappa shape index (κ1) is 12.3. The van der Waals surface area contributed by atoms with Gasteiger partial charge >= 0.3 is 0 Å². The van der Waals surface area contributed by atoms with E-state index in [4.69, 9.17) is 4.84 Å². The van der Waals surface area contributed by atoms with Crippen molar-refractivity contribution < 1.29 is 4.84 Å². The number of benzene rings is 1. The third-order valence-corrected chi connectivity index (χ3v) is 3.82. The summed E-state index contributed by atoms with van der Waals surface area (Å²) >= 11 is 0. The summed E-state index contributed by atoms with van der Waals surface area (Å²) in [5.41, 5.74) is 2.11. The summed E-state index contributed by atoms with van der Waals surface area (Å²) in [5, 5.41) is 1.96. The minimum atomic E-state index is -0.302. The van der Waals surface area contributed by atoms with Gasteiger partial charge in [-0.05, 0) is 18.6 Å². The zero-order valence-corrected chi connectivity index (χ0v) is 11.3. The average molecular weight is 254 g/mol. The van der Waals surface area contributed by atoms with Crippen LogP contribution in [0.5, 0.6) is 0 Å². The highest BCUT2D eigenvalue weighted by molar-refractivity contribution is 5.24. The van der Waals surface area contributed by atoms with Gasteiger partial charge in [-0.2, -0.15) is 5.06 Å². The molecule has 3 rings (SSSR count). The minimum Gasteiger partial charge on any atom is -0.287 e. The number of aromatic nitrogens is 1. The zero-order valence-electron chi connectivity index (χ0n) is 11.3. The topological polar surface area (TPSA) is 25.4 Å². The molecule has 3 nitrogen and oxygen atoms in total. The van der Waals surface area contributed by atoms with Gasteiger partial charge in [0.15, 0.2) is 0 Å². The number of rotatable bonds is 2. The molecule has 2 heterocycles. The lowest BCUT2D eigenvalue weighted by Crippen LogP contribution is -2.23. The lowest BCUT2D eigenvalue weighted by atomic mass is 9.89. The van der Waals surface area contributed by atoms with Crippen LogP contribution in [0, 0.1) is 0 Å². The van der Waals surface area contributed by atoms with E-state index in [-0.39, 0.29) is 11.6 Å². The number of hydroxylamine groups is 2. The van der Waals surface area contributed by atoms with Gasteiger partial charge in [0, 0.05) is 31.4 Å². The fourth-order valence-corrected chi connectivity index (χ4v) is 2.77. The predicted molar refractivity (Wildman–Crippen MR) is 74.2 cm³/mol. The van der Waals surface area contributed by atoms with E-state index in [1.807, 2.05) is 30.4 Å². The first-order valence-electron chi connectivity index (χ1n) is 6.56. The molecule has 0 amide bonds. The highest BCUT2D eigenvalue weighted by Crippen LogP contribution is 2.44. The number of pyridine rings is 1. The van der Waals surface area contributed by atoms with Gasteiger partial charge in [0.1, 0.15) is 5.60 Å². The Labute approximate surface area is 113 Å². The SMILES string of the molecule is CN1O[C@](C)(c2cccnc2)C[C@@H]1c1ccccc1. The average Bonchev–Trinajstić information content (AvgIpc) is 2.77. The molecule has 0 unspecified atom stereocenters. The van der Waals surface area contributed by atoms with E-state index >= 15 is 0 Å². The van der Waals surface area contributed by atoms with Gasteiger partial charge in [0.05, 0.1) is 6.04 Å². The smallest absolute Gasteiger partial charge is 0.115 e. The number of nitrogens with zero attached hydrogens (tertiary/aromatic N) is 2. The Morgan fingerprint density at radius 2 is 2.00 bits per heavy atom. The molecule has 2 aromatic rings. The van der Waals surface area contributed by atoms with E-state index in [0.717, 1.165) is 12.0 Å². The van der Waals surface area contributed by atoms with Crippen molar-refractivity contribution >= 4 is 0 Å². The van der Waals surface area contributed by atoms with Crippen molar-refractivity contribution in [1.82, 2.24) is 10.0 Å². The van der Waals surface area contributed by atoms with Gasteiger partial charge in [-0.3, -0.25) is 9.82 Å². The molecule has 98 valence electrons. The van der Waals surface area contributed by atoms with Crippen LogP contribution in [0.25, 0.3) is 0 Å². The molecular weight excluding hydrogens is 236 g/mol. The molecule has 1 aromatic heterocycles. The molecule has 0 bridgehead atoms. The molecule has 1 fully saturated rings. The largest absolute Gasteiger partial charge is 0.287 e. The normalized spacial score (nSPS) is 27.6. The van der Waals surface area contributed by atoms with Crippen LogP contribution in [0.4, 0.5) is 0 Å². The first-order valence-corrected chi connectivity index (χ1v) is 6.56. The molecule has 2 atom stereocenters. The highest BCUT2D eigenvalue weighted by atomic mass is 16.7. The third-order valence-electron chi connectivity index (χ3n) is 3.82. The maximum Gasteiger partial charge on any atom is 0.115 e. The van der Waals surface area contributed by atoms with Crippen molar-refractivity contribution in [2.75, 3.05) is 7.05 Å². The minimum absolute atomic E-state index is 0.284. The molecule has 19 heavy (non-hydrogen) atoms. The van der Waals surface area contributed by atoms with Crippen molar-refractivity contribution in [3.8, 4) is 0 Å². The van der Waals surface area contributed by atoms with Crippen LogP contribution in [-0.2, 0) is 10.4 Å². The monoisotopic (exact) mass is 254 g/mol. The first-order chi connectivity index (χ1) is 9.19. The van der Waals surface area contributed by atoms with E-state index in [2.05, 4.69) is 42.2 Å². The van der Waals surface area contributed by atoms with Crippen molar-refractivity contribution in [3.63, 3.8) is 0 Å². The molecule has 0 aliphatic carbocycles. The summed E-state index contributed by atoms with van der Waals surface area (Å²) in [5.74, 6) is 0. The fourth-order valence-electron chi connectivity index (χ4n) is 2.77. The van der Waals surface area contributed by atoms with E-state index in [1.165, 1.54) is 5.56 Å². The summed E-state index contributed by atoms with van der Waals surface area (Å²) in [6, 6.07) is 14.8. The van der Waals surface area contributed by atoms with E-state index in [9.17, 15) is 0 Å². The maximum atomic E-state index is 6.10. The van der Waals surface area contributed by atoms with Crippen molar-refractivity contribution in [2.45, 2.75) is 25.0 Å². The second kappa shape index (κ2) is 4.76. The Morgan fingerprint density at radius 1 is 1.21 bits per heavy atom. The molecule has 1 aliphatic heterocycles. The number of hydrogen-bond acceptors (Lipinski definition) is 3. The van der Waals surface area contributed by atoms with E-state index < -0.39 is 0 Å². The molecular formula is C16H18N2O. The molecule has 3 heteroatoms. The van der Waals surface area contributed by atoms with Gasteiger partial charge < -0.3 is 0 Å². The van der Waals surface area contributed by atoms with Gasteiger partial charge in [0.25, 0.3) is 0 Å². The van der Waals surface area contributed by atoms with Crippen LogP contribution < -0.4 is 0 Å². The Kier molecular flexibility index (Phi) is 3.09. The van der Waals surface area contributed by atoms with Gasteiger partial charge in [0.2, 0.25) is 0 Å². The number of hydrogen-bond donors (Lipinski definition) is 0. The standard InChI is InChI=1S/C16H18N2O/c1-16(14-9-6-10-17-12-14)11-15(18(2)19-16)13-7-4-3-5-8-13/h3-10,12,15H,11H2,1-2H3/t15-,16+/m1/s1. The Bertz CT molecular complexity index is 543. The molecule has 1 aromatic carbocycles. The van der Waals surface area contributed by atoms with Crippen LogP contribution in [-0.4, -0.2) is 17.1 Å². The molecule has 1 saturated heterocycles. The zero-order chi connectivity index (χ0) is 13.3. The van der Waals surface area contributed by atoms with Crippen molar-refractivity contribution in [3.05, 3.63) is 66.0 Å². The second-order valence-corrected chi connectivity index (χ2v) is 5.24. The van der Waals surface area contributed by atoms with Gasteiger partial charge in [-0.25, -0.2) is 0 Å². The lowest BCUT2D eigenvalue weighted by Gasteiger charge is -2.23. The van der Waals surface area contributed by atoms with Crippen LogP contribution in [0.15, 0.2) is 54.9 Å². The van der Waals surface area contributed by atoms with E-state index in [0.29, 0.717) is 0 Å². The van der Waals surface area contributed by atoms with Crippen LogP contribution >= 0.6 is 0 Å². The van der Waals surface area contributed by atoms with Crippen molar-refractivity contribution in [1.29, 1.82) is 0 Å². The van der Waals surface area contributed by atoms with Crippen molar-refractivity contribution in [2.24, 2.45) is 0 Å². The third kappa shape index (κ3) is 2.27. The summed E-state index contributed by atoms with van der Waals surface area (Å²) in [6.45, 7) is 2.13. The molecule has 0 radical (unpaired) electrons. The molecule has 0 saturated carbocycles. The summed E-state index contributed by atoms with van der Waals surface area (Å²) in [7, 11) is 2.00. The predicted octanol–water partition coefficient (Wildman–Crippen LogP) is 3.31.